The molecule has 1 fully saturated rings. The standard InChI is InChI=1S/C14H21NO5S/c1-8-5-4-6-11(9(8)2)15-21(18,19)13-7-12(14(16)17)20-10(13)3/h7-9,11,15H,4-6H2,1-3H3,(H,16,17). The van der Waals surface area contributed by atoms with Crippen LogP contribution in [0.3, 0.4) is 0 Å². The Morgan fingerprint density at radius 2 is 2.05 bits per heavy atom. The monoisotopic (exact) mass is 315 g/mol. The summed E-state index contributed by atoms with van der Waals surface area (Å²) in [7, 11) is -3.77. The van der Waals surface area contributed by atoms with Gasteiger partial charge in [-0.3, -0.25) is 0 Å². The van der Waals surface area contributed by atoms with Crippen molar-refractivity contribution >= 4 is 16.0 Å². The molecule has 1 aliphatic rings. The number of furan rings is 1. The molecule has 0 radical (unpaired) electrons. The van der Waals surface area contributed by atoms with Gasteiger partial charge >= 0.3 is 5.97 Å². The molecule has 3 unspecified atom stereocenters. The highest BCUT2D eigenvalue weighted by Gasteiger charge is 2.32. The highest BCUT2D eigenvalue weighted by atomic mass is 32.2. The Balaban J connectivity index is 2.24. The minimum absolute atomic E-state index is 0.0923. The van der Waals surface area contributed by atoms with Crippen molar-refractivity contribution in [2.75, 3.05) is 0 Å². The molecule has 1 aliphatic carbocycles. The van der Waals surface area contributed by atoms with E-state index in [9.17, 15) is 13.2 Å². The predicted octanol–water partition coefficient (Wildman–Crippen LogP) is 2.39. The normalized spacial score (nSPS) is 26.7. The first-order valence-electron chi connectivity index (χ1n) is 7.08. The second-order valence-corrected chi connectivity index (χ2v) is 7.51. The molecular weight excluding hydrogens is 294 g/mol. The summed E-state index contributed by atoms with van der Waals surface area (Å²) in [5, 5.41) is 8.88. The summed E-state index contributed by atoms with van der Waals surface area (Å²) in [6, 6.07) is 0.943. The zero-order valence-electron chi connectivity index (χ0n) is 12.4. The highest BCUT2D eigenvalue weighted by molar-refractivity contribution is 7.89. The van der Waals surface area contributed by atoms with E-state index in [1.165, 1.54) is 6.92 Å². The number of aryl methyl sites for hydroxylation is 1. The molecule has 21 heavy (non-hydrogen) atoms. The molecule has 1 aromatic rings. The average Bonchev–Trinajstić information content (AvgIpc) is 2.78. The van der Waals surface area contributed by atoms with E-state index < -0.39 is 16.0 Å². The van der Waals surface area contributed by atoms with Crippen molar-refractivity contribution < 1.29 is 22.7 Å². The van der Waals surface area contributed by atoms with Crippen LogP contribution >= 0.6 is 0 Å². The fraction of sp³-hybridized carbons (Fsp3) is 0.643. The number of nitrogens with one attached hydrogen (secondary N) is 1. The third-order valence-electron chi connectivity index (χ3n) is 4.39. The van der Waals surface area contributed by atoms with Gasteiger partial charge in [-0.25, -0.2) is 17.9 Å². The number of sulfonamides is 1. The Labute approximate surface area is 124 Å². The Morgan fingerprint density at radius 1 is 1.38 bits per heavy atom. The number of carboxylic acid groups (broad SMARTS) is 1. The summed E-state index contributed by atoms with van der Waals surface area (Å²) < 4.78 is 32.6. The molecule has 1 saturated carbocycles. The molecule has 1 aromatic heterocycles. The summed E-state index contributed by atoms with van der Waals surface area (Å²) in [5.41, 5.74) is 0. The Hall–Kier alpha value is -1.34. The topological polar surface area (TPSA) is 96.6 Å². The van der Waals surface area contributed by atoms with E-state index >= 15 is 0 Å². The maximum Gasteiger partial charge on any atom is 0.371 e. The summed E-state index contributed by atoms with van der Waals surface area (Å²) in [4.78, 5) is 10.8. The van der Waals surface area contributed by atoms with Crippen LogP contribution in [0.15, 0.2) is 15.4 Å². The fourth-order valence-electron chi connectivity index (χ4n) is 2.85. The minimum Gasteiger partial charge on any atom is -0.475 e. The predicted molar refractivity (Wildman–Crippen MR) is 76.7 cm³/mol. The van der Waals surface area contributed by atoms with E-state index in [0.29, 0.717) is 5.92 Å². The minimum atomic E-state index is -3.77. The van der Waals surface area contributed by atoms with Crippen molar-refractivity contribution in [3.63, 3.8) is 0 Å². The van der Waals surface area contributed by atoms with Gasteiger partial charge in [0, 0.05) is 12.1 Å². The average molecular weight is 315 g/mol. The zero-order chi connectivity index (χ0) is 15.8. The Morgan fingerprint density at radius 3 is 2.62 bits per heavy atom. The Kier molecular flexibility index (Phi) is 4.43. The molecule has 2 rings (SSSR count). The van der Waals surface area contributed by atoms with Gasteiger partial charge in [0.05, 0.1) is 0 Å². The van der Waals surface area contributed by atoms with Crippen LogP contribution < -0.4 is 4.72 Å². The van der Waals surface area contributed by atoms with Gasteiger partial charge in [-0.05, 0) is 25.2 Å². The summed E-state index contributed by atoms with van der Waals surface area (Å²) in [6.45, 7) is 5.62. The second kappa shape index (κ2) is 5.81. The fourth-order valence-corrected chi connectivity index (χ4v) is 4.39. The number of carboxylic acids is 1. The van der Waals surface area contributed by atoms with Crippen molar-refractivity contribution in [2.45, 2.75) is 51.0 Å². The molecular formula is C14H21NO5S. The van der Waals surface area contributed by atoms with Gasteiger partial charge < -0.3 is 9.52 Å². The van der Waals surface area contributed by atoms with Crippen LogP contribution in [0.4, 0.5) is 0 Å². The van der Waals surface area contributed by atoms with Gasteiger partial charge in [-0.15, -0.1) is 0 Å². The number of rotatable bonds is 4. The van der Waals surface area contributed by atoms with Crippen molar-refractivity contribution in [1.82, 2.24) is 4.72 Å². The van der Waals surface area contributed by atoms with Crippen molar-refractivity contribution in [2.24, 2.45) is 11.8 Å². The molecule has 2 N–H and O–H groups in total. The van der Waals surface area contributed by atoms with E-state index in [1.807, 2.05) is 6.92 Å². The van der Waals surface area contributed by atoms with Gasteiger partial charge in [-0.1, -0.05) is 26.7 Å². The van der Waals surface area contributed by atoms with E-state index in [4.69, 9.17) is 9.52 Å². The van der Waals surface area contributed by atoms with Gasteiger partial charge in [0.2, 0.25) is 15.8 Å². The van der Waals surface area contributed by atoms with Gasteiger partial charge in [0.15, 0.2) is 0 Å². The summed E-state index contributed by atoms with van der Waals surface area (Å²) >= 11 is 0. The van der Waals surface area contributed by atoms with E-state index in [2.05, 4.69) is 11.6 Å². The van der Waals surface area contributed by atoms with Crippen molar-refractivity contribution in [1.29, 1.82) is 0 Å². The number of hydrogen-bond donors (Lipinski definition) is 2. The summed E-state index contributed by atoms with van der Waals surface area (Å²) in [5.74, 6) is -0.834. The third kappa shape index (κ3) is 3.29. The molecule has 6 nitrogen and oxygen atoms in total. The highest BCUT2D eigenvalue weighted by Crippen LogP contribution is 2.31. The van der Waals surface area contributed by atoms with Crippen molar-refractivity contribution in [3.8, 4) is 0 Å². The SMILES string of the molecule is Cc1oc(C(=O)O)cc1S(=O)(=O)NC1CCCC(C)C1C. The van der Waals surface area contributed by atoms with Crippen LogP contribution in [0.1, 0.15) is 49.4 Å². The molecule has 0 bridgehead atoms. The first kappa shape index (κ1) is 16.0. The van der Waals surface area contributed by atoms with Crippen LogP contribution in [0.5, 0.6) is 0 Å². The smallest absolute Gasteiger partial charge is 0.371 e. The number of carbonyl (C=O) groups is 1. The first-order chi connectivity index (χ1) is 9.72. The van der Waals surface area contributed by atoms with Gasteiger partial charge in [0.25, 0.3) is 0 Å². The van der Waals surface area contributed by atoms with Gasteiger partial charge in [0.1, 0.15) is 10.7 Å². The molecule has 118 valence electrons. The number of aromatic carboxylic acids is 1. The molecule has 0 amide bonds. The largest absolute Gasteiger partial charge is 0.475 e. The quantitative estimate of drug-likeness (QED) is 0.889. The molecule has 0 aliphatic heterocycles. The lowest BCUT2D eigenvalue weighted by Gasteiger charge is -2.34. The maximum absolute atomic E-state index is 12.4. The van der Waals surface area contributed by atoms with Crippen LogP contribution in [-0.2, 0) is 10.0 Å². The first-order valence-corrected chi connectivity index (χ1v) is 8.56. The molecule has 0 saturated heterocycles. The maximum atomic E-state index is 12.4. The number of hydrogen-bond acceptors (Lipinski definition) is 4. The van der Waals surface area contributed by atoms with Crippen LogP contribution in [0.25, 0.3) is 0 Å². The zero-order valence-corrected chi connectivity index (χ0v) is 13.2. The van der Waals surface area contributed by atoms with Crippen molar-refractivity contribution in [3.05, 3.63) is 17.6 Å². The lowest BCUT2D eigenvalue weighted by Crippen LogP contribution is -2.43. The van der Waals surface area contributed by atoms with Crippen LogP contribution in [0, 0.1) is 18.8 Å². The molecule has 7 heteroatoms. The summed E-state index contributed by atoms with van der Waals surface area (Å²) in [6.07, 6.45) is 2.89. The molecule has 1 heterocycles. The van der Waals surface area contributed by atoms with Crippen LogP contribution in [-0.4, -0.2) is 25.5 Å². The molecule has 0 aromatic carbocycles. The van der Waals surface area contributed by atoms with E-state index in [0.717, 1.165) is 25.3 Å². The third-order valence-corrected chi connectivity index (χ3v) is 5.98. The Bertz CT molecular complexity index is 634. The molecule has 0 spiro atoms. The van der Waals surface area contributed by atoms with E-state index in [-0.39, 0.29) is 28.4 Å². The lowest BCUT2D eigenvalue weighted by atomic mass is 9.78. The second-order valence-electron chi connectivity index (χ2n) is 5.83. The lowest BCUT2D eigenvalue weighted by molar-refractivity contribution is 0.0661. The van der Waals surface area contributed by atoms with Gasteiger partial charge in [-0.2, -0.15) is 0 Å². The molecule has 3 atom stereocenters. The van der Waals surface area contributed by atoms with E-state index in [1.54, 1.807) is 0 Å². The van der Waals surface area contributed by atoms with Crippen LogP contribution in [0.2, 0.25) is 0 Å².